The van der Waals surface area contributed by atoms with E-state index < -0.39 is 39.0 Å². The second-order valence-electron chi connectivity index (χ2n) is 7.92. The van der Waals surface area contributed by atoms with Crippen LogP contribution in [0.4, 0.5) is 5.69 Å². The molecule has 4 atom stereocenters. The molecule has 0 radical (unpaired) electrons. The SMILES string of the molecule is CC1(CI)S[C@@H]2C(NC(=O)COc3ccccc3)C(=O)N2C1C(=O)Oc1ccc([N+](=O)[O-])cc1. The Morgan fingerprint density at radius 3 is 2.47 bits per heavy atom. The van der Waals surface area contributed by atoms with E-state index in [-0.39, 0.29) is 24.0 Å². The highest BCUT2D eigenvalue weighted by atomic mass is 127. The second kappa shape index (κ2) is 9.78. The lowest BCUT2D eigenvalue weighted by molar-refractivity contribution is -0.384. The van der Waals surface area contributed by atoms with Crippen LogP contribution in [-0.4, -0.2) is 60.8 Å². The number of hydrogen-bond donors (Lipinski definition) is 1. The maximum absolute atomic E-state index is 13.1. The van der Waals surface area contributed by atoms with Gasteiger partial charge in [0.1, 0.15) is 29.0 Å². The number of halogens is 1. The summed E-state index contributed by atoms with van der Waals surface area (Å²) in [6.07, 6.45) is 0. The van der Waals surface area contributed by atoms with Crippen molar-refractivity contribution in [2.45, 2.75) is 29.1 Å². The molecule has 0 aromatic heterocycles. The van der Waals surface area contributed by atoms with Gasteiger partial charge in [-0.15, -0.1) is 11.8 Å². The van der Waals surface area contributed by atoms with Crippen molar-refractivity contribution in [1.82, 2.24) is 10.2 Å². The summed E-state index contributed by atoms with van der Waals surface area (Å²) < 4.78 is 10.8. The van der Waals surface area contributed by atoms with Gasteiger partial charge in [-0.1, -0.05) is 40.8 Å². The average Bonchev–Trinajstić information content (AvgIpc) is 3.12. The number of non-ortho nitro benzene ring substituents is 1. The minimum absolute atomic E-state index is 0.124. The second-order valence-corrected chi connectivity index (χ2v) is 10.3. The molecule has 10 nitrogen and oxygen atoms in total. The summed E-state index contributed by atoms with van der Waals surface area (Å²) in [5, 5.41) is 13.1. The molecule has 34 heavy (non-hydrogen) atoms. The number of amides is 2. The number of alkyl halides is 1. The number of ether oxygens (including phenoxy) is 2. The van der Waals surface area contributed by atoms with E-state index in [2.05, 4.69) is 27.9 Å². The Morgan fingerprint density at radius 1 is 1.18 bits per heavy atom. The number of fused-ring (bicyclic) bond motifs is 1. The van der Waals surface area contributed by atoms with E-state index in [1.54, 1.807) is 24.3 Å². The smallest absolute Gasteiger partial charge is 0.335 e. The van der Waals surface area contributed by atoms with Crippen LogP contribution in [0.5, 0.6) is 11.5 Å². The Balaban J connectivity index is 1.41. The van der Waals surface area contributed by atoms with Gasteiger partial charge >= 0.3 is 5.97 Å². The van der Waals surface area contributed by atoms with E-state index in [1.165, 1.54) is 40.9 Å². The van der Waals surface area contributed by atoms with Crippen LogP contribution in [0.15, 0.2) is 54.6 Å². The van der Waals surface area contributed by atoms with Crippen LogP contribution in [0.3, 0.4) is 0 Å². The monoisotopic (exact) mass is 597 g/mol. The van der Waals surface area contributed by atoms with Crippen molar-refractivity contribution in [2.75, 3.05) is 11.0 Å². The molecule has 12 heteroatoms. The lowest BCUT2D eigenvalue weighted by Crippen LogP contribution is -2.71. The minimum atomic E-state index is -0.865. The van der Waals surface area contributed by atoms with E-state index in [0.717, 1.165) is 0 Å². The van der Waals surface area contributed by atoms with Crippen LogP contribution >= 0.6 is 34.4 Å². The van der Waals surface area contributed by atoms with Crippen molar-refractivity contribution in [3.05, 3.63) is 64.7 Å². The molecule has 2 aliphatic rings. The van der Waals surface area contributed by atoms with Crippen molar-refractivity contribution in [2.24, 2.45) is 0 Å². The van der Waals surface area contributed by atoms with E-state index >= 15 is 0 Å². The number of carbonyl (C=O) groups is 3. The molecular weight excluding hydrogens is 577 g/mol. The number of carbonyl (C=O) groups excluding carboxylic acids is 3. The van der Waals surface area contributed by atoms with Crippen molar-refractivity contribution >= 4 is 57.8 Å². The van der Waals surface area contributed by atoms with Crippen LogP contribution < -0.4 is 14.8 Å². The standard InChI is InChI=1S/C22H20IN3O7S/c1-22(12-23)18(21(29)33-15-9-7-13(8-10-15)26(30)31)25-19(28)17(20(25)34-22)24-16(27)11-32-14-5-3-2-4-6-14/h2-10,17-18,20H,11-12H2,1H3,(H,24,27)/t17?,18?,20-,22?/m1/s1. The largest absolute Gasteiger partial charge is 0.484 e. The van der Waals surface area contributed by atoms with E-state index in [9.17, 15) is 24.5 Å². The molecule has 3 unspecified atom stereocenters. The fraction of sp³-hybridized carbons (Fsp3) is 0.318. The van der Waals surface area contributed by atoms with Gasteiger partial charge < -0.3 is 19.7 Å². The van der Waals surface area contributed by atoms with Crippen molar-refractivity contribution in [3.63, 3.8) is 0 Å². The number of hydrogen-bond acceptors (Lipinski definition) is 8. The fourth-order valence-corrected chi connectivity index (χ4v) is 6.38. The molecule has 2 aromatic carbocycles. The Hall–Kier alpha value is -2.87. The zero-order valence-corrected chi connectivity index (χ0v) is 20.9. The topological polar surface area (TPSA) is 128 Å². The minimum Gasteiger partial charge on any atom is -0.484 e. The number of benzene rings is 2. The molecule has 0 spiro atoms. The Kier molecular flexibility index (Phi) is 6.98. The Bertz CT molecular complexity index is 1120. The third-order valence-electron chi connectivity index (χ3n) is 5.51. The molecule has 2 fully saturated rings. The molecule has 0 aliphatic carbocycles. The summed E-state index contributed by atoms with van der Waals surface area (Å²) in [7, 11) is 0. The summed E-state index contributed by atoms with van der Waals surface area (Å²) in [5.41, 5.74) is -0.124. The summed E-state index contributed by atoms with van der Waals surface area (Å²) in [5.74, 6) is -0.745. The van der Waals surface area contributed by atoms with Gasteiger partial charge in [0.2, 0.25) is 5.91 Å². The zero-order valence-electron chi connectivity index (χ0n) is 17.9. The Labute approximate surface area is 212 Å². The van der Waals surface area contributed by atoms with Gasteiger partial charge in [-0.3, -0.25) is 19.7 Å². The normalized spacial score (nSPS) is 25.2. The summed E-state index contributed by atoms with van der Waals surface area (Å²) in [6.45, 7) is 1.63. The number of rotatable bonds is 8. The van der Waals surface area contributed by atoms with E-state index in [0.29, 0.717) is 10.2 Å². The lowest BCUT2D eigenvalue weighted by Gasteiger charge is -2.43. The van der Waals surface area contributed by atoms with Crippen LogP contribution in [0.1, 0.15) is 6.92 Å². The van der Waals surface area contributed by atoms with Crippen LogP contribution in [0.25, 0.3) is 0 Å². The highest BCUT2D eigenvalue weighted by Crippen LogP contribution is 2.52. The summed E-state index contributed by atoms with van der Waals surface area (Å²) in [6, 6.07) is 12.4. The first kappa shape index (κ1) is 24.3. The molecule has 2 aliphatic heterocycles. The van der Waals surface area contributed by atoms with Crippen molar-refractivity contribution < 1.29 is 28.8 Å². The first-order valence-corrected chi connectivity index (χ1v) is 12.6. The maximum atomic E-state index is 13.1. The molecule has 178 valence electrons. The van der Waals surface area contributed by atoms with Gasteiger partial charge in [0.15, 0.2) is 6.61 Å². The average molecular weight is 597 g/mol. The molecule has 0 bridgehead atoms. The first-order chi connectivity index (χ1) is 16.2. The van der Waals surface area contributed by atoms with Gasteiger partial charge in [0, 0.05) is 16.6 Å². The number of thioether (sulfide) groups is 1. The van der Waals surface area contributed by atoms with Crippen molar-refractivity contribution in [1.29, 1.82) is 0 Å². The van der Waals surface area contributed by atoms with Gasteiger partial charge in [0.25, 0.3) is 11.6 Å². The molecule has 2 saturated heterocycles. The first-order valence-electron chi connectivity index (χ1n) is 10.2. The molecule has 2 amide bonds. The quantitative estimate of drug-likeness (QED) is 0.0936. The Morgan fingerprint density at radius 2 is 1.85 bits per heavy atom. The van der Waals surface area contributed by atoms with Crippen LogP contribution in [0, 0.1) is 10.1 Å². The fourth-order valence-electron chi connectivity index (χ4n) is 3.81. The highest BCUT2D eigenvalue weighted by molar-refractivity contribution is 14.1. The van der Waals surface area contributed by atoms with Gasteiger partial charge in [-0.25, -0.2) is 4.79 Å². The van der Waals surface area contributed by atoms with Crippen molar-refractivity contribution in [3.8, 4) is 11.5 Å². The molecule has 2 aromatic rings. The van der Waals surface area contributed by atoms with Crippen LogP contribution in [0.2, 0.25) is 0 Å². The molecule has 2 heterocycles. The summed E-state index contributed by atoms with van der Waals surface area (Å²) >= 11 is 3.59. The molecule has 0 saturated carbocycles. The number of nitrogens with zero attached hydrogens (tertiary/aromatic N) is 2. The number of β-lactam (4-membered cyclic amide) rings is 1. The molecule has 1 N–H and O–H groups in total. The third-order valence-corrected chi connectivity index (χ3v) is 9.26. The summed E-state index contributed by atoms with van der Waals surface area (Å²) in [4.78, 5) is 50.1. The highest BCUT2D eigenvalue weighted by Gasteiger charge is 2.65. The van der Waals surface area contributed by atoms with E-state index in [1.807, 2.05) is 13.0 Å². The van der Waals surface area contributed by atoms with Gasteiger partial charge in [-0.2, -0.15) is 0 Å². The zero-order chi connectivity index (χ0) is 24.5. The number of nitrogens with one attached hydrogen (secondary N) is 1. The van der Waals surface area contributed by atoms with E-state index in [4.69, 9.17) is 9.47 Å². The number of para-hydroxylation sites is 1. The van der Waals surface area contributed by atoms with Crippen LogP contribution in [-0.2, 0) is 14.4 Å². The molecular formula is C22H20IN3O7S. The predicted octanol–water partition coefficient (Wildman–Crippen LogP) is 2.54. The maximum Gasteiger partial charge on any atom is 0.335 e. The predicted molar refractivity (Wildman–Crippen MR) is 132 cm³/mol. The van der Waals surface area contributed by atoms with Gasteiger partial charge in [-0.05, 0) is 31.2 Å². The van der Waals surface area contributed by atoms with Gasteiger partial charge in [0.05, 0.1) is 9.67 Å². The number of nitro groups is 1. The number of esters is 1. The number of nitro benzene ring substituents is 1. The molecule has 4 rings (SSSR count). The lowest BCUT2D eigenvalue weighted by atomic mass is 9.96. The third kappa shape index (κ3) is 4.69.